The molecule has 29 heavy (non-hydrogen) atoms. The average Bonchev–Trinajstić information content (AvgIpc) is 2.74. The molecule has 1 heterocycles. The Morgan fingerprint density at radius 2 is 1.86 bits per heavy atom. The maximum absolute atomic E-state index is 6.47. The van der Waals surface area contributed by atoms with E-state index >= 15 is 0 Å². The number of nitrogens with one attached hydrogen (secondary N) is 1. The number of aryl methyl sites for hydroxylation is 1. The Hall–Kier alpha value is -2.76. The monoisotopic (exact) mass is 412 g/mol. The SMILES string of the molecule is COc1cc(CNCCOc2ccccn2)cc(Cl)c1OCc1ccccc1C. The number of methoxy groups -OCH3 is 1. The molecule has 152 valence electrons. The molecule has 5 nitrogen and oxygen atoms in total. The molecule has 3 rings (SSSR count). The van der Waals surface area contributed by atoms with Crippen molar-refractivity contribution in [3.63, 3.8) is 0 Å². The molecule has 0 fully saturated rings. The minimum absolute atomic E-state index is 0.436. The van der Waals surface area contributed by atoms with E-state index in [0.717, 1.165) is 11.1 Å². The standard InChI is InChI=1S/C23H25ClN2O3/c1-17-7-3-4-8-19(17)16-29-23-20(24)13-18(14-21(23)27-2)15-25-11-12-28-22-9-5-6-10-26-22/h3-10,13-14,25H,11-12,15-16H2,1-2H3. The molecule has 1 N–H and O–H groups in total. The number of rotatable bonds is 10. The van der Waals surface area contributed by atoms with Crippen molar-refractivity contribution in [2.24, 2.45) is 0 Å². The zero-order valence-corrected chi connectivity index (χ0v) is 17.4. The minimum atomic E-state index is 0.436. The lowest BCUT2D eigenvalue weighted by Gasteiger charge is -2.15. The summed E-state index contributed by atoms with van der Waals surface area (Å²) in [5, 5.41) is 3.85. The summed E-state index contributed by atoms with van der Waals surface area (Å²) in [5.74, 6) is 1.79. The maximum atomic E-state index is 6.47. The van der Waals surface area contributed by atoms with Gasteiger partial charge in [0, 0.05) is 25.4 Å². The van der Waals surface area contributed by atoms with Crippen LogP contribution in [0.1, 0.15) is 16.7 Å². The zero-order valence-electron chi connectivity index (χ0n) is 16.7. The van der Waals surface area contributed by atoms with Crippen LogP contribution in [0.5, 0.6) is 17.4 Å². The normalized spacial score (nSPS) is 10.6. The maximum Gasteiger partial charge on any atom is 0.213 e. The predicted molar refractivity (Wildman–Crippen MR) is 115 cm³/mol. The molecular weight excluding hydrogens is 388 g/mol. The van der Waals surface area contributed by atoms with Crippen LogP contribution in [0.25, 0.3) is 0 Å². The Bertz CT molecular complexity index is 919. The average molecular weight is 413 g/mol. The third-order valence-electron chi connectivity index (χ3n) is 4.42. The van der Waals surface area contributed by atoms with Gasteiger partial charge < -0.3 is 19.5 Å². The molecule has 0 aliphatic carbocycles. The molecule has 0 spiro atoms. The smallest absolute Gasteiger partial charge is 0.213 e. The molecule has 0 atom stereocenters. The van der Waals surface area contributed by atoms with Gasteiger partial charge in [0.15, 0.2) is 11.5 Å². The highest BCUT2D eigenvalue weighted by atomic mass is 35.5. The largest absolute Gasteiger partial charge is 0.493 e. The molecule has 3 aromatic rings. The quantitative estimate of drug-likeness (QED) is 0.485. The van der Waals surface area contributed by atoms with E-state index in [1.54, 1.807) is 13.3 Å². The van der Waals surface area contributed by atoms with Crippen molar-refractivity contribution in [1.82, 2.24) is 10.3 Å². The second-order valence-electron chi connectivity index (χ2n) is 6.52. The summed E-state index contributed by atoms with van der Waals surface area (Å²) in [4.78, 5) is 4.13. The summed E-state index contributed by atoms with van der Waals surface area (Å²) in [6.45, 7) is 4.34. The van der Waals surface area contributed by atoms with E-state index in [2.05, 4.69) is 23.3 Å². The van der Waals surface area contributed by atoms with Gasteiger partial charge >= 0.3 is 0 Å². The van der Waals surface area contributed by atoms with Gasteiger partial charge in [-0.1, -0.05) is 41.9 Å². The Kier molecular flexibility index (Phi) is 7.73. The fourth-order valence-electron chi connectivity index (χ4n) is 2.83. The van der Waals surface area contributed by atoms with Crippen LogP contribution in [-0.4, -0.2) is 25.2 Å². The fourth-order valence-corrected chi connectivity index (χ4v) is 3.12. The molecule has 0 saturated carbocycles. The first-order valence-corrected chi connectivity index (χ1v) is 9.83. The zero-order chi connectivity index (χ0) is 20.5. The van der Waals surface area contributed by atoms with E-state index in [4.69, 9.17) is 25.8 Å². The van der Waals surface area contributed by atoms with Gasteiger partial charge in [-0.2, -0.15) is 0 Å². The molecule has 6 heteroatoms. The van der Waals surface area contributed by atoms with Gasteiger partial charge in [-0.25, -0.2) is 4.98 Å². The van der Waals surface area contributed by atoms with Crippen molar-refractivity contribution >= 4 is 11.6 Å². The van der Waals surface area contributed by atoms with Gasteiger partial charge in [0.05, 0.1) is 12.1 Å². The highest BCUT2D eigenvalue weighted by molar-refractivity contribution is 6.32. The first-order valence-electron chi connectivity index (χ1n) is 9.45. The number of halogens is 1. The first kappa shape index (κ1) is 21.0. The molecule has 0 unspecified atom stereocenters. The Balaban J connectivity index is 1.54. The van der Waals surface area contributed by atoms with Crippen LogP contribution in [0.3, 0.4) is 0 Å². The molecule has 0 aliphatic rings. The lowest BCUT2D eigenvalue weighted by atomic mass is 10.1. The Morgan fingerprint density at radius 1 is 1.03 bits per heavy atom. The summed E-state index contributed by atoms with van der Waals surface area (Å²) in [6, 6.07) is 17.5. The number of nitrogens with zero attached hydrogens (tertiary/aromatic N) is 1. The summed E-state index contributed by atoms with van der Waals surface area (Å²) < 4.78 is 17.0. The van der Waals surface area contributed by atoms with E-state index in [9.17, 15) is 0 Å². The molecule has 2 aromatic carbocycles. The molecule has 0 saturated heterocycles. The van der Waals surface area contributed by atoms with Gasteiger partial charge in [0.2, 0.25) is 5.88 Å². The van der Waals surface area contributed by atoms with E-state index in [1.165, 1.54) is 5.56 Å². The van der Waals surface area contributed by atoms with Gasteiger partial charge in [-0.05, 0) is 41.8 Å². The van der Waals surface area contributed by atoms with Crippen LogP contribution >= 0.6 is 11.6 Å². The molecule has 0 radical (unpaired) electrons. The topological polar surface area (TPSA) is 52.6 Å². The summed E-state index contributed by atoms with van der Waals surface area (Å²) >= 11 is 6.47. The predicted octanol–water partition coefficient (Wildman–Crippen LogP) is 4.80. The number of aromatic nitrogens is 1. The summed E-state index contributed by atoms with van der Waals surface area (Å²) in [6.07, 6.45) is 1.71. The number of pyridine rings is 1. The van der Waals surface area contributed by atoms with Crippen LogP contribution < -0.4 is 19.5 Å². The van der Waals surface area contributed by atoms with Crippen LogP contribution in [-0.2, 0) is 13.2 Å². The molecular formula is C23H25ClN2O3. The van der Waals surface area contributed by atoms with Crippen molar-refractivity contribution in [3.8, 4) is 17.4 Å². The van der Waals surface area contributed by atoms with Crippen LogP contribution in [0.15, 0.2) is 60.8 Å². The number of ether oxygens (including phenoxy) is 3. The van der Waals surface area contributed by atoms with Crippen molar-refractivity contribution in [3.05, 3.63) is 82.5 Å². The molecule has 0 amide bonds. The van der Waals surface area contributed by atoms with Gasteiger partial charge in [0.25, 0.3) is 0 Å². The molecule has 0 bridgehead atoms. The number of benzene rings is 2. The van der Waals surface area contributed by atoms with Gasteiger partial charge in [-0.3, -0.25) is 0 Å². The third kappa shape index (κ3) is 6.11. The van der Waals surface area contributed by atoms with Gasteiger partial charge in [-0.15, -0.1) is 0 Å². The van der Waals surface area contributed by atoms with E-state index in [0.29, 0.717) is 48.7 Å². The molecule has 0 aliphatic heterocycles. The van der Waals surface area contributed by atoms with Crippen molar-refractivity contribution in [1.29, 1.82) is 0 Å². The highest BCUT2D eigenvalue weighted by Gasteiger charge is 2.13. The van der Waals surface area contributed by atoms with Crippen LogP contribution in [0.2, 0.25) is 5.02 Å². The number of hydrogen-bond donors (Lipinski definition) is 1. The third-order valence-corrected chi connectivity index (χ3v) is 4.70. The Labute approximate surface area is 176 Å². The second-order valence-corrected chi connectivity index (χ2v) is 6.92. The second kappa shape index (κ2) is 10.7. The summed E-state index contributed by atoms with van der Waals surface area (Å²) in [7, 11) is 1.62. The van der Waals surface area contributed by atoms with Gasteiger partial charge in [0.1, 0.15) is 13.2 Å². The minimum Gasteiger partial charge on any atom is -0.493 e. The van der Waals surface area contributed by atoms with E-state index < -0.39 is 0 Å². The van der Waals surface area contributed by atoms with E-state index in [-0.39, 0.29) is 0 Å². The lowest BCUT2D eigenvalue weighted by molar-refractivity contribution is 0.283. The number of hydrogen-bond acceptors (Lipinski definition) is 5. The van der Waals surface area contributed by atoms with Crippen molar-refractivity contribution in [2.75, 3.05) is 20.3 Å². The van der Waals surface area contributed by atoms with Crippen LogP contribution in [0.4, 0.5) is 0 Å². The fraction of sp³-hybridized carbons (Fsp3) is 0.261. The van der Waals surface area contributed by atoms with Crippen molar-refractivity contribution in [2.45, 2.75) is 20.1 Å². The Morgan fingerprint density at radius 3 is 2.62 bits per heavy atom. The van der Waals surface area contributed by atoms with Crippen LogP contribution in [0, 0.1) is 6.92 Å². The molecule has 1 aromatic heterocycles. The van der Waals surface area contributed by atoms with E-state index in [1.807, 2.05) is 48.5 Å². The highest BCUT2D eigenvalue weighted by Crippen LogP contribution is 2.37. The lowest BCUT2D eigenvalue weighted by Crippen LogP contribution is -2.20. The first-order chi connectivity index (χ1) is 14.2. The summed E-state index contributed by atoms with van der Waals surface area (Å²) in [5.41, 5.74) is 3.30. The van der Waals surface area contributed by atoms with Crippen molar-refractivity contribution < 1.29 is 14.2 Å².